The molecule has 3 heterocycles. The summed E-state index contributed by atoms with van der Waals surface area (Å²) in [5.41, 5.74) is 0.700. The Hall–Kier alpha value is -1.99. The molecule has 3 aromatic heterocycles. The van der Waals surface area contributed by atoms with Crippen LogP contribution >= 0.6 is 11.3 Å². The second-order valence-electron chi connectivity index (χ2n) is 4.08. The Morgan fingerprint density at radius 1 is 1.42 bits per heavy atom. The van der Waals surface area contributed by atoms with E-state index in [1.54, 1.807) is 17.5 Å². The van der Waals surface area contributed by atoms with Crippen molar-refractivity contribution in [1.29, 1.82) is 0 Å². The number of nitrogens with one attached hydrogen (secondary N) is 2. The summed E-state index contributed by atoms with van der Waals surface area (Å²) in [6, 6.07) is 4.09. The molecule has 0 aliphatic heterocycles. The number of aliphatic hydroxyl groups excluding tert-OH is 1. The van der Waals surface area contributed by atoms with Crippen molar-refractivity contribution >= 4 is 28.2 Å². The molecule has 0 saturated heterocycles. The highest BCUT2D eigenvalue weighted by Gasteiger charge is 2.14. The molecule has 0 radical (unpaired) electrons. The Morgan fingerprint density at radius 3 is 3.16 bits per heavy atom. The summed E-state index contributed by atoms with van der Waals surface area (Å²) < 4.78 is 0. The molecule has 7 heteroatoms. The van der Waals surface area contributed by atoms with Gasteiger partial charge in [0.05, 0.1) is 17.6 Å². The summed E-state index contributed by atoms with van der Waals surface area (Å²) in [5.74, 6) is 0.727. The number of aromatic amines is 1. The van der Waals surface area contributed by atoms with Gasteiger partial charge in [0, 0.05) is 11.5 Å². The van der Waals surface area contributed by atoms with Gasteiger partial charge in [-0.1, -0.05) is 6.07 Å². The average Bonchev–Trinajstić information content (AvgIpc) is 3.10. The molecular formula is C12H13N5OS. The smallest absolute Gasteiger partial charge is 0.160 e. The SMILES string of the molecule is OCCC(Nc1ncnc2[nH]ncc12)c1cccs1. The maximum absolute atomic E-state index is 9.20. The number of thiophene rings is 1. The Morgan fingerprint density at radius 2 is 2.37 bits per heavy atom. The Balaban J connectivity index is 1.91. The maximum Gasteiger partial charge on any atom is 0.160 e. The third-order valence-electron chi connectivity index (χ3n) is 2.86. The number of hydrogen-bond acceptors (Lipinski definition) is 6. The fraction of sp³-hybridized carbons (Fsp3) is 0.250. The second kappa shape index (κ2) is 5.33. The van der Waals surface area contributed by atoms with E-state index in [2.05, 4.69) is 25.5 Å². The third kappa shape index (κ3) is 2.42. The van der Waals surface area contributed by atoms with Crippen molar-refractivity contribution in [3.8, 4) is 0 Å². The molecule has 3 rings (SSSR count). The molecule has 0 aliphatic carbocycles. The van der Waals surface area contributed by atoms with Crippen molar-refractivity contribution in [3.05, 3.63) is 34.9 Å². The second-order valence-corrected chi connectivity index (χ2v) is 5.06. The van der Waals surface area contributed by atoms with E-state index < -0.39 is 0 Å². The van der Waals surface area contributed by atoms with Crippen molar-refractivity contribution in [2.45, 2.75) is 12.5 Å². The summed E-state index contributed by atoms with van der Waals surface area (Å²) in [4.78, 5) is 9.52. The first-order chi connectivity index (χ1) is 9.38. The highest BCUT2D eigenvalue weighted by Crippen LogP contribution is 2.27. The topological polar surface area (TPSA) is 86.7 Å². The van der Waals surface area contributed by atoms with Gasteiger partial charge in [0.2, 0.25) is 0 Å². The van der Waals surface area contributed by atoms with Crippen LogP contribution in [0.15, 0.2) is 30.0 Å². The molecule has 1 atom stereocenters. The van der Waals surface area contributed by atoms with Crippen molar-refractivity contribution in [2.75, 3.05) is 11.9 Å². The van der Waals surface area contributed by atoms with Gasteiger partial charge in [-0.05, 0) is 17.9 Å². The van der Waals surface area contributed by atoms with Crippen LogP contribution in [0.5, 0.6) is 0 Å². The minimum atomic E-state index is 0.0398. The highest BCUT2D eigenvalue weighted by molar-refractivity contribution is 7.10. The lowest BCUT2D eigenvalue weighted by Gasteiger charge is -2.17. The number of aliphatic hydroxyl groups is 1. The van der Waals surface area contributed by atoms with Gasteiger partial charge in [-0.2, -0.15) is 5.10 Å². The number of H-pyrrole nitrogens is 1. The third-order valence-corrected chi connectivity index (χ3v) is 3.85. The largest absolute Gasteiger partial charge is 0.396 e. The van der Waals surface area contributed by atoms with E-state index in [4.69, 9.17) is 0 Å². The lowest BCUT2D eigenvalue weighted by atomic mass is 10.1. The van der Waals surface area contributed by atoms with E-state index in [-0.39, 0.29) is 12.6 Å². The van der Waals surface area contributed by atoms with Gasteiger partial charge in [0.1, 0.15) is 12.1 Å². The van der Waals surface area contributed by atoms with Gasteiger partial charge in [0.15, 0.2) is 5.65 Å². The first kappa shape index (κ1) is 12.1. The summed E-state index contributed by atoms with van der Waals surface area (Å²) in [6.45, 7) is 0.120. The summed E-state index contributed by atoms with van der Waals surface area (Å²) >= 11 is 1.66. The number of anilines is 1. The molecule has 0 aromatic carbocycles. The Bertz CT molecular complexity index is 651. The highest BCUT2D eigenvalue weighted by atomic mass is 32.1. The molecule has 0 amide bonds. The molecule has 98 valence electrons. The zero-order chi connectivity index (χ0) is 13.1. The van der Waals surface area contributed by atoms with Crippen molar-refractivity contribution < 1.29 is 5.11 Å². The molecule has 0 aliphatic rings. The van der Waals surface area contributed by atoms with Gasteiger partial charge in [-0.15, -0.1) is 11.3 Å². The molecule has 0 bridgehead atoms. The molecule has 1 unspecified atom stereocenters. The fourth-order valence-electron chi connectivity index (χ4n) is 1.95. The monoisotopic (exact) mass is 275 g/mol. The van der Waals surface area contributed by atoms with Crippen LogP contribution in [0.3, 0.4) is 0 Å². The summed E-state index contributed by atoms with van der Waals surface area (Å²) in [5, 5.41) is 22.2. The van der Waals surface area contributed by atoms with E-state index in [9.17, 15) is 5.11 Å². The van der Waals surface area contributed by atoms with Gasteiger partial charge >= 0.3 is 0 Å². The lowest BCUT2D eigenvalue weighted by Crippen LogP contribution is -2.12. The van der Waals surface area contributed by atoms with E-state index in [1.807, 2.05) is 17.5 Å². The van der Waals surface area contributed by atoms with Gasteiger partial charge in [-0.25, -0.2) is 9.97 Å². The van der Waals surface area contributed by atoms with Crippen LogP contribution in [0.4, 0.5) is 5.82 Å². The summed E-state index contributed by atoms with van der Waals surface area (Å²) in [7, 11) is 0. The number of rotatable bonds is 5. The van der Waals surface area contributed by atoms with E-state index in [0.717, 1.165) is 11.2 Å². The van der Waals surface area contributed by atoms with Crippen LogP contribution in [0.1, 0.15) is 17.3 Å². The van der Waals surface area contributed by atoms with Crippen molar-refractivity contribution in [1.82, 2.24) is 20.2 Å². The molecule has 0 spiro atoms. The van der Waals surface area contributed by atoms with Gasteiger partial charge in [0.25, 0.3) is 0 Å². The van der Waals surface area contributed by atoms with Crippen molar-refractivity contribution in [3.63, 3.8) is 0 Å². The van der Waals surface area contributed by atoms with Gasteiger partial charge in [-0.3, -0.25) is 5.10 Å². The number of aromatic nitrogens is 4. The fourth-order valence-corrected chi connectivity index (χ4v) is 2.76. The zero-order valence-corrected chi connectivity index (χ0v) is 10.9. The van der Waals surface area contributed by atoms with Gasteiger partial charge < -0.3 is 10.4 Å². The van der Waals surface area contributed by atoms with Crippen molar-refractivity contribution in [2.24, 2.45) is 0 Å². The van der Waals surface area contributed by atoms with Crippen LogP contribution in [-0.4, -0.2) is 31.9 Å². The van der Waals surface area contributed by atoms with E-state index >= 15 is 0 Å². The first-order valence-corrected chi connectivity index (χ1v) is 6.81. The van der Waals surface area contributed by atoms with Crippen LogP contribution in [-0.2, 0) is 0 Å². The maximum atomic E-state index is 9.20. The molecule has 3 aromatic rings. The molecule has 0 fully saturated rings. The predicted octanol–water partition coefficient (Wildman–Crippen LogP) is 1.95. The Kier molecular flexibility index (Phi) is 3.39. The van der Waals surface area contributed by atoms with Crippen LogP contribution in [0, 0.1) is 0 Å². The molecule has 0 saturated carbocycles. The molecular weight excluding hydrogens is 262 g/mol. The normalized spacial score (nSPS) is 12.7. The first-order valence-electron chi connectivity index (χ1n) is 5.93. The van der Waals surface area contributed by atoms with E-state index in [0.29, 0.717) is 12.1 Å². The lowest BCUT2D eigenvalue weighted by molar-refractivity contribution is 0.280. The molecule has 3 N–H and O–H groups in total. The van der Waals surface area contributed by atoms with Crippen LogP contribution < -0.4 is 5.32 Å². The minimum absolute atomic E-state index is 0.0398. The number of hydrogen-bond donors (Lipinski definition) is 3. The number of nitrogens with zero attached hydrogens (tertiary/aromatic N) is 3. The van der Waals surface area contributed by atoms with E-state index in [1.165, 1.54) is 11.2 Å². The quantitative estimate of drug-likeness (QED) is 0.662. The summed E-state index contributed by atoms with van der Waals surface area (Å²) in [6.07, 6.45) is 3.82. The number of fused-ring (bicyclic) bond motifs is 1. The van der Waals surface area contributed by atoms with Crippen LogP contribution in [0.25, 0.3) is 11.0 Å². The van der Waals surface area contributed by atoms with Crippen LogP contribution in [0.2, 0.25) is 0 Å². The standard InChI is InChI=1S/C12H13N5OS/c18-4-3-9(10-2-1-5-19-10)16-11-8-6-15-17-12(8)14-7-13-11/h1-2,5-7,9,18H,3-4H2,(H2,13,14,15,16,17). The molecule has 6 nitrogen and oxygen atoms in total. The predicted molar refractivity (Wildman–Crippen MR) is 74.1 cm³/mol. The average molecular weight is 275 g/mol. The minimum Gasteiger partial charge on any atom is -0.396 e. The Labute approximate surface area is 113 Å². The molecule has 19 heavy (non-hydrogen) atoms. The zero-order valence-electron chi connectivity index (χ0n) is 10.1.